The molecule has 0 fully saturated rings. The lowest BCUT2D eigenvalue weighted by atomic mass is 10.2. The zero-order valence-corrected chi connectivity index (χ0v) is 12.1. The van der Waals surface area contributed by atoms with Crippen molar-refractivity contribution in [1.29, 1.82) is 5.26 Å². The zero-order valence-electron chi connectivity index (χ0n) is 12.1. The summed E-state index contributed by atoms with van der Waals surface area (Å²) in [4.78, 5) is 12.8. The number of nitriles is 1. The molecule has 21 heavy (non-hydrogen) atoms. The molecule has 6 heteroatoms. The molecule has 1 aromatic rings. The Kier molecular flexibility index (Phi) is 7.87. The number of carbonyl (C=O) groups is 1. The van der Waals surface area contributed by atoms with Crippen molar-refractivity contribution in [2.75, 3.05) is 40.0 Å². The van der Waals surface area contributed by atoms with Crippen molar-refractivity contribution in [2.24, 2.45) is 0 Å². The van der Waals surface area contributed by atoms with Gasteiger partial charge in [-0.25, -0.2) is 4.79 Å². The number of carboxylic acids is 1. The first-order chi connectivity index (χ1) is 10.2. The monoisotopic (exact) mass is 292 g/mol. The summed E-state index contributed by atoms with van der Waals surface area (Å²) in [5.41, 5.74) is 0.234. The fourth-order valence-corrected chi connectivity index (χ4v) is 1.75. The van der Waals surface area contributed by atoms with Crippen LogP contribution in [0.2, 0.25) is 0 Å². The van der Waals surface area contributed by atoms with Crippen LogP contribution >= 0.6 is 0 Å². The summed E-state index contributed by atoms with van der Waals surface area (Å²) < 4.78 is 10.6. The molecular formula is C15H20N2O4. The molecule has 0 aliphatic carbocycles. The number of aromatic carboxylic acids is 1. The molecule has 114 valence electrons. The molecule has 0 aliphatic rings. The van der Waals surface area contributed by atoms with E-state index in [1.54, 1.807) is 19.2 Å². The van der Waals surface area contributed by atoms with Crippen molar-refractivity contribution in [2.45, 2.75) is 6.42 Å². The second kappa shape index (κ2) is 9.75. The topological polar surface area (TPSA) is 82.8 Å². The number of methoxy groups -OCH3 is 1. The number of ether oxygens (including phenoxy) is 2. The van der Waals surface area contributed by atoms with Gasteiger partial charge >= 0.3 is 5.97 Å². The van der Waals surface area contributed by atoms with E-state index < -0.39 is 5.97 Å². The maximum atomic E-state index is 10.7. The van der Waals surface area contributed by atoms with Crippen molar-refractivity contribution >= 4 is 5.97 Å². The van der Waals surface area contributed by atoms with Gasteiger partial charge in [-0.2, -0.15) is 5.26 Å². The molecule has 6 nitrogen and oxygen atoms in total. The van der Waals surface area contributed by atoms with Crippen LogP contribution in [0.15, 0.2) is 24.3 Å². The predicted molar refractivity (Wildman–Crippen MR) is 77.4 cm³/mol. The molecule has 0 radical (unpaired) electrons. The van der Waals surface area contributed by atoms with E-state index in [-0.39, 0.29) is 5.56 Å². The standard InChI is InChI=1S/C15H20N2O4/c1-20-11-9-17(8-2-7-16)10-12-21-14-5-3-13(4-6-14)15(18)19/h3-6H,2,8-12H2,1H3,(H,18,19). The van der Waals surface area contributed by atoms with Gasteiger partial charge in [0.05, 0.1) is 18.2 Å². The Balaban J connectivity index is 2.38. The van der Waals surface area contributed by atoms with Crippen LogP contribution in [0.5, 0.6) is 5.75 Å². The second-order valence-electron chi connectivity index (χ2n) is 4.42. The quantitative estimate of drug-likeness (QED) is 0.705. The van der Waals surface area contributed by atoms with Crippen molar-refractivity contribution < 1.29 is 19.4 Å². The summed E-state index contributed by atoms with van der Waals surface area (Å²) in [5, 5.41) is 17.4. The van der Waals surface area contributed by atoms with Gasteiger partial charge in [-0.15, -0.1) is 0 Å². The molecule has 0 spiro atoms. The Morgan fingerprint density at radius 1 is 1.24 bits per heavy atom. The largest absolute Gasteiger partial charge is 0.492 e. The van der Waals surface area contributed by atoms with Crippen molar-refractivity contribution in [1.82, 2.24) is 4.90 Å². The van der Waals surface area contributed by atoms with Gasteiger partial charge in [0.25, 0.3) is 0 Å². The summed E-state index contributed by atoms with van der Waals surface area (Å²) in [7, 11) is 1.64. The van der Waals surface area contributed by atoms with Crippen molar-refractivity contribution in [3.63, 3.8) is 0 Å². The van der Waals surface area contributed by atoms with Crippen LogP contribution in [0.1, 0.15) is 16.8 Å². The highest BCUT2D eigenvalue weighted by Gasteiger charge is 2.06. The lowest BCUT2D eigenvalue weighted by Gasteiger charge is -2.20. The number of hydrogen-bond donors (Lipinski definition) is 1. The molecule has 1 N–H and O–H groups in total. The van der Waals surface area contributed by atoms with Crippen LogP contribution in [0.3, 0.4) is 0 Å². The fourth-order valence-electron chi connectivity index (χ4n) is 1.75. The number of rotatable bonds is 10. The summed E-state index contributed by atoms with van der Waals surface area (Å²) in [6.45, 7) is 3.20. The Morgan fingerprint density at radius 2 is 1.90 bits per heavy atom. The van der Waals surface area contributed by atoms with Gasteiger partial charge in [-0.3, -0.25) is 4.90 Å². The minimum absolute atomic E-state index is 0.234. The summed E-state index contributed by atoms with van der Waals surface area (Å²) in [5.74, 6) is -0.323. The van der Waals surface area contributed by atoms with Gasteiger partial charge in [0.15, 0.2) is 0 Å². The minimum Gasteiger partial charge on any atom is -0.492 e. The summed E-state index contributed by atoms with van der Waals surface area (Å²) >= 11 is 0. The molecule has 0 aliphatic heterocycles. The molecule has 0 atom stereocenters. The second-order valence-corrected chi connectivity index (χ2v) is 4.42. The number of hydrogen-bond acceptors (Lipinski definition) is 5. The van der Waals surface area contributed by atoms with Crippen molar-refractivity contribution in [3.8, 4) is 11.8 Å². The maximum Gasteiger partial charge on any atom is 0.335 e. The lowest BCUT2D eigenvalue weighted by molar-refractivity contribution is 0.0697. The first-order valence-electron chi connectivity index (χ1n) is 6.71. The smallest absolute Gasteiger partial charge is 0.335 e. The number of nitrogens with zero attached hydrogens (tertiary/aromatic N) is 2. The Morgan fingerprint density at radius 3 is 2.48 bits per heavy atom. The molecule has 0 unspecified atom stereocenters. The van der Waals surface area contributed by atoms with Crippen LogP contribution < -0.4 is 4.74 Å². The Labute approximate surface area is 124 Å². The van der Waals surface area contributed by atoms with E-state index in [2.05, 4.69) is 11.0 Å². The first-order valence-corrected chi connectivity index (χ1v) is 6.71. The molecule has 1 aromatic carbocycles. The highest BCUT2D eigenvalue weighted by Crippen LogP contribution is 2.12. The first kappa shape index (κ1) is 17.0. The van der Waals surface area contributed by atoms with Gasteiger partial charge in [0.1, 0.15) is 12.4 Å². The SMILES string of the molecule is COCCN(CCC#N)CCOc1ccc(C(=O)O)cc1. The van der Waals surface area contributed by atoms with Crippen LogP contribution in [-0.4, -0.2) is 55.9 Å². The van der Waals surface area contributed by atoms with E-state index in [1.165, 1.54) is 12.1 Å². The van der Waals surface area contributed by atoms with E-state index in [0.717, 1.165) is 6.54 Å². The van der Waals surface area contributed by atoms with E-state index in [9.17, 15) is 4.79 Å². The normalized spacial score (nSPS) is 10.3. The zero-order chi connectivity index (χ0) is 15.5. The fraction of sp³-hybridized carbons (Fsp3) is 0.467. The molecule has 0 aromatic heterocycles. The maximum absolute atomic E-state index is 10.7. The average Bonchev–Trinajstić information content (AvgIpc) is 2.50. The van der Waals surface area contributed by atoms with Crippen LogP contribution in [0.4, 0.5) is 0 Å². The van der Waals surface area contributed by atoms with Gasteiger partial charge in [0, 0.05) is 33.2 Å². The van der Waals surface area contributed by atoms with E-state index in [4.69, 9.17) is 19.8 Å². The third kappa shape index (κ3) is 6.75. The Bertz CT molecular complexity index is 468. The van der Waals surface area contributed by atoms with E-state index >= 15 is 0 Å². The third-order valence-electron chi connectivity index (χ3n) is 2.93. The molecule has 1 rings (SSSR count). The molecule has 0 amide bonds. The molecule has 0 saturated carbocycles. The van der Waals surface area contributed by atoms with E-state index in [1.807, 2.05) is 0 Å². The van der Waals surface area contributed by atoms with Crippen LogP contribution in [-0.2, 0) is 4.74 Å². The molecule has 0 bridgehead atoms. The average molecular weight is 292 g/mol. The van der Waals surface area contributed by atoms with E-state index in [0.29, 0.717) is 38.5 Å². The van der Waals surface area contributed by atoms with Gasteiger partial charge in [-0.1, -0.05) is 0 Å². The summed E-state index contributed by atoms with van der Waals surface area (Å²) in [6, 6.07) is 8.41. The van der Waals surface area contributed by atoms with Gasteiger partial charge < -0.3 is 14.6 Å². The molecular weight excluding hydrogens is 272 g/mol. The summed E-state index contributed by atoms with van der Waals surface area (Å²) in [6.07, 6.45) is 0.469. The van der Waals surface area contributed by atoms with Crippen LogP contribution in [0.25, 0.3) is 0 Å². The number of carboxylic acid groups (broad SMARTS) is 1. The third-order valence-corrected chi connectivity index (χ3v) is 2.93. The van der Waals surface area contributed by atoms with Crippen LogP contribution in [0, 0.1) is 11.3 Å². The molecule has 0 saturated heterocycles. The van der Waals surface area contributed by atoms with Crippen molar-refractivity contribution in [3.05, 3.63) is 29.8 Å². The lowest BCUT2D eigenvalue weighted by Crippen LogP contribution is -2.32. The predicted octanol–water partition coefficient (Wildman–Crippen LogP) is 1.63. The minimum atomic E-state index is -0.955. The van der Waals surface area contributed by atoms with Gasteiger partial charge in [0.2, 0.25) is 0 Å². The number of benzene rings is 1. The van der Waals surface area contributed by atoms with Gasteiger partial charge in [-0.05, 0) is 24.3 Å². The molecule has 0 heterocycles. The highest BCUT2D eigenvalue weighted by atomic mass is 16.5. The Hall–Kier alpha value is -2.10. The highest BCUT2D eigenvalue weighted by molar-refractivity contribution is 5.87.